The molecule has 0 radical (unpaired) electrons. The number of rotatable bonds is 2. The van der Waals surface area contributed by atoms with E-state index in [0.717, 1.165) is 6.42 Å². The Balaban J connectivity index is 2.36. The molecule has 0 aliphatic carbocycles. The first kappa shape index (κ1) is 8.53. The molecular formula is C7H9N3O2. The second-order valence-electron chi connectivity index (χ2n) is 2.58. The smallest absolute Gasteiger partial charge is 0.252 e. The summed E-state index contributed by atoms with van der Waals surface area (Å²) in [4.78, 5) is 23.2. The third-order valence-corrected chi connectivity index (χ3v) is 1.70. The number of nitrogens with one attached hydrogen (secondary N) is 1. The molecule has 1 rings (SSSR count). The lowest BCUT2D eigenvalue weighted by atomic mass is 10.4. The first-order valence-electron chi connectivity index (χ1n) is 3.70. The van der Waals surface area contributed by atoms with Gasteiger partial charge in [0.15, 0.2) is 6.19 Å². The lowest BCUT2D eigenvalue weighted by molar-refractivity contribution is -0.132. The molecule has 1 fully saturated rings. The van der Waals surface area contributed by atoms with Crippen LogP contribution in [0, 0.1) is 11.5 Å². The van der Waals surface area contributed by atoms with Crippen LogP contribution in [0.2, 0.25) is 0 Å². The van der Waals surface area contributed by atoms with Gasteiger partial charge in [-0.05, 0) is 6.42 Å². The molecule has 0 unspecified atom stereocenters. The predicted octanol–water partition coefficient (Wildman–Crippen LogP) is -0.794. The van der Waals surface area contributed by atoms with Gasteiger partial charge in [0, 0.05) is 13.0 Å². The maximum Gasteiger partial charge on any atom is 0.252 e. The number of carbonyl (C=O) groups is 2. The molecule has 1 N–H and O–H groups in total. The first-order valence-corrected chi connectivity index (χ1v) is 3.70. The van der Waals surface area contributed by atoms with Crippen molar-refractivity contribution in [2.24, 2.45) is 0 Å². The molecule has 5 heteroatoms. The van der Waals surface area contributed by atoms with E-state index in [4.69, 9.17) is 5.26 Å². The van der Waals surface area contributed by atoms with Crippen LogP contribution in [0.25, 0.3) is 0 Å². The van der Waals surface area contributed by atoms with Crippen LogP contribution in [0.15, 0.2) is 0 Å². The maximum atomic E-state index is 11.0. The number of carbonyl (C=O) groups excluding carboxylic acids is 2. The average molecular weight is 167 g/mol. The largest absolute Gasteiger partial charge is 0.333 e. The van der Waals surface area contributed by atoms with Crippen molar-refractivity contribution >= 4 is 11.8 Å². The van der Waals surface area contributed by atoms with Crippen LogP contribution in [0.3, 0.4) is 0 Å². The van der Waals surface area contributed by atoms with E-state index in [2.05, 4.69) is 0 Å². The Bertz CT molecular complexity index is 244. The van der Waals surface area contributed by atoms with Gasteiger partial charge in [-0.15, -0.1) is 0 Å². The van der Waals surface area contributed by atoms with E-state index in [1.54, 1.807) is 0 Å². The molecule has 1 heterocycles. The Hall–Kier alpha value is -1.57. The van der Waals surface area contributed by atoms with Crippen molar-refractivity contribution < 1.29 is 9.59 Å². The fraction of sp³-hybridized carbons (Fsp3) is 0.571. The Morgan fingerprint density at radius 1 is 1.75 bits per heavy atom. The van der Waals surface area contributed by atoms with Gasteiger partial charge in [-0.25, -0.2) is 0 Å². The summed E-state index contributed by atoms with van der Waals surface area (Å²) in [6, 6.07) is 0. The molecule has 0 atom stereocenters. The van der Waals surface area contributed by atoms with Crippen LogP contribution in [-0.2, 0) is 9.59 Å². The molecule has 0 bridgehead atoms. The lowest BCUT2D eigenvalue weighted by Crippen LogP contribution is -2.35. The Labute approximate surface area is 69.9 Å². The zero-order chi connectivity index (χ0) is 8.97. The molecule has 0 spiro atoms. The van der Waals surface area contributed by atoms with Gasteiger partial charge in [-0.1, -0.05) is 0 Å². The summed E-state index contributed by atoms with van der Waals surface area (Å²) >= 11 is 0. The minimum atomic E-state index is -0.423. The van der Waals surface area contributed by atoms with Crippen LogP contribution in [0.1, 0.15) is 12.8 Å². The van der Waals surface area contributed by atoms with Crippen molar-refractivity contribution in [1.82, 2.24) is 10.2 Å². The standard InChI is InChI=1S/C7H9N3O2/c8-5-9-6(11)4-10-3-1-2-7(10)12/h1-4H2,(H,9,11). The van der Waals surface area contributed by atoms with E-state index in [1.165, 1.54) is 11.1 Å². The van der Waals surface area contributed by atoms with Gasteiger partial charge < -0.3 is 4.90 Å². The Morgan fingerprint density at radius 2 is 2.50 bits per heavy atom. The molecule has 2 amide bonds. The molecule has 0 aromatic carbocycles. The fourth-order valence-corrected chi connectivity index (χ4v) is 1.15. The van der Waals surface area contributed by atoms with Crippen molar-refractivity contribution in [2.45, 2.75) is 12.8 Å². The molecule has 0 aromatic rings. The van der Waals surface area contributed by atoms with Gasteiger partial charge >= 0.3 is 0 Å². The van der Waals surface area contributed by atoms with Crippen LogP contribution in [-0.4, -0.2) is 29.8 Å². The molecule has 12 heavy (non-hydrogen) atoms. The van der Waals surface area contributed by atoms with Crippen molar-refractivity contribution in [3.63, 3.8) is 0 Å². The zero-order valence-corrected chi connectivity index (χ0v) is 6.54. The summed E-state index contributed by atoms with van der Waals surface area (Å²) in [5.41, 5.74) is 0. The van der Waals surface area contributed by atoms with Gasteiger partial charge in [-0.3, -0.25) is 14.9 Å². The van der Waals surface area contributed by atoms with Crippen molar-refractivity contribution in [3.8, 4) is 6.19 Å². The Morgan fingerprint density at radius 3 is 3.00 bits per heavy atom. The minimum Gasteiger partial charge on any atom is -0.333 e. The monoisotopic (exact) mass is 167 g/mol. The molecule has 5 nitrogen and oxygen atoms in total. The summed E-state index contributed by atoms with van der Waals surface area (Å²) in [5.74, 6) is -0.434. The van der Waals surface area contributed by atoms with E-state index in [9.17, 15) is 9.59 Å². The highest BCUT2D eigenvalue weighted by Gasteiger charge is 2.21. The number of hydrogen-bond donors (Lipinski definition) is 1. The highest BCUT2D eigenvalue weighted by Crippen LogP contribution is 2.07. The van der Waals surface area contributed by atoms with Crippen LogP contribution >= 0.6 is 0 Å². The molecule has 1 saturated heterocycles. The van der Waals surface area contributed by atoms with Crippen LogP contribution in [0.5, 0.6) is 0 Å². The van der Waals surface area contributed by atoms with Gasteiger partial charge in [0.05, 0.1) is 0 Å². The fourth-order valence-electron chi connectivity index (χ4n) is 1.15. The molecule has 1 aliphatic rings. The topological polar surface area (TPSA) is 73.2 Å². The summed E-state index contributed by atoms with van der Waals surface area (Å²) in [5, 5.41) is 10.1. The minimum absolute atomic E-state index is 0.00634. The van der Waals surface area contributed by atoms with Crippen molar-refractivity contribution in [3.05, 3.63) is 0 Å². The third-order valence-electron chi connectivity index (χ3n) is 1.70. The second-order valence-corrected chi connectivity index (χ2v) is 2.58. The molecular weight excluding hydrogens is 158 g/mol. The number of likely N-dealkylation sites (tertiary alicyclic amines) is 1. The predicted molar refractivity (Wildman–Crippen MR) is 39.6 cm³/mol. The second kappa shape index (κ2) is 3.72. The van der Waals surface area contributed by atoms with Gasteiger partial charge in [0.25, 0.3) is 5.91 Å². The van der Waals surface area contributed by atoms with Gasteiger partial charge in [0.1, 0.15) is 6.54 Å². The SMILES string of the molecule is N#CNC(=O)CN1CCCC1=O. The summed E-state index contributed by atoms with van der Waals surface area (Å²) < 4.78 is 0. The molecule has 64 valence electrons. The number of amides is 2. The highest BCUT2D eigenvalue weighted by atomic mass is 16.2. The molecule has 1 aliphatic heterocycles. The first-order chi connectivity index (χ1) is 5.74. The normalized spacial score (nSPS) is 15.9. The average Bonchev–Trinajstić information content (AvgIpc) is 2.37. The van der Waals surface area contributed by atoms with E-state index in [1.807, 2.05) is 5.32 Å². The lowest BCUT2D eigenvalue weighted by Gasteiger charge is -2.12. The van der Waals surface area contributed by atoms with Crippen LogP contribution < -0.4 is 5.32 Å². The number of nitrogens with zero attached hydrogens (tertiary/aromatic N) is 2. The highest BCUT2D eigenvalue weighted by molar-refractivity contribution is 5.86. The van der Waals surface area contributed by atoms with Crippen LogP contribution in [0.4, 0.5) is 0 Å². The van der Waals surface area contributed by atoms with E-state index < -0.39 is 5.91 Å². The number of nitriles is 1. The van der Waals surface area contributed by atoms with E-state index >= 15 is 0 Å². The summed E-state index contributed by atoms with van der Waals surface area (Å²) in [6.07, 6.45) is 2.84. The number of hydrogen-bond acceptors (Lipinski definition) is 3. The summed E-state index contributed by atoms with van der Waals surface area (Å²) in [6.45, 7) is 0.629. The van der Waals surface area contributed by atoms with Crippen molar-refractivity contribution in [1.29, 1.82) is 5.26 Å². The maximum absolute atomic E-state index is 11.0. The van der Waals surface area contributed by atoms with E-state index in [0.29, 0.717) is 13.0 Å². The van der Waals surface area contributed by atoms with Crippen molar-refractivity contribution in [2.75, 3.05) is 13.1 Å². The quantitative estimate of drug-likeness (QED) is 0.432. The Kier molecular flexibility index (Phi) is 2.64. The summed E-state index contributed by atoms with van der Waals surface area (Å²) in [7, 11) is 0. The van der Waals surface area contributed by atoms with Gasteiger partial charge in [-0.2, -0.15) is 5.26 Å². The van der Waals surface area contributed by atoms with E-state index in [-0.39, 0.29) is 12.5 Å². The molecule has 0 aromatic heterocycles. The zero-order valence-electron chi connectivity index (χ0n) is 6.54. The third kappa shape index (κ3) is 1.95. The van der Waals surface area contributed by atoms with Gasteiger partial charge in [0.2, 0.25) is 5.91 Å². The molecule has 0 saturated carbocycles.